The lowest BCUT2D eigenvalue weighted by Gasteiger charge is -2.14. The van der Waals surface area contributed by atoms with Crippen LogP contribution < -0.4 is 10.6 Å². The monoisotopic (exact) mass is 481 g/mol. The highest BCUT2D eigenvalue weighted by molar-refractivity contribution is 14.0. The van der Waals surface area contributed by atoms with E-state index in [0.29, 0.717) is 17.5 Å². The standard InChI is InChI=1S/C17H27N3O3S.HI/c1-13-11-14(6-7-16(13)24(3,21)22)12-20-17(18-2)19-9-8-15-5-4-10-23-15;/h6-7,11,15H,4-5,8-10,12H2,1-3H3,(H2,18,19,20);1H. The number of guanidine groups is 1. The molecule has 1 unspecified atom stereocenters. The molecular weight excluding hydrogens is 453 g/mol. The molecule has 0 bridgehead atoms. The van der Waals surface area contributed by atoms with Gasteiger partial charge in [0.2, 0.25) is 0 Å². The topological polar surface area (TPSA) is 79.8 Å². The van der Waals surface area contributed by atoms with Crippen LogP contribution in [-0.4, -0.2) is 46.9 Å². The molecule has 142 valence electrons. The SMILES string of the molecule is CN=C(NCCC1CCCO1)NCc1ccc(S(C)(=O)=O)c(C)c1.I. The molecule has 1 saturated heterocycles. The number of rotatable bonds is 6. The number of hydrogen-bond donors (Lipinski definition) is 2. The third kappa shape index (κ3) is 7.10. The van der Waals surface area contributed by atoms with Crippen LogP contribution in [0.1, 0.15) is 30.4 Å². The highest BCUT2D eigenvalue weighted by atomic mass is 127. The summed E-state index contributed by atoms with van der Waals surface area (Å²) in [4.78, 5) is 4.58. The Hall–Kier alpha value is -0.870. The summed E-state index contributed by atoms with van der Waals surface area (Å²) in [5.74, 6) is 0.734. The lowest BCUT2D eigenvalue weighted by atomic mass is 10.1. The Bertz CT molecular complexity index is 686. The van der Waals surface area contributed by atoms with Crippen molar-refractivity contribution >= 4 is 39.8 Å². The van der Waals surface area contributed by atoms with Gasteiger partial charge < -0.3 is 15.4 Å². The van der Waals surface area contributed by atoms with Gasteiger partial charge in [-0.3, -0.25) is 4.99 Å². The molecule has 0 radical (unpaired) electrons. The van der Waals surface area contributed by atoms with Gasteiger partial charge in [-0.15, -0.1) is 24.0 Å². The van der Waals surface area contributed by atoms with E-state index in [0.717, 1.165) is 49.5 Å². The van der Waals surface area contributed by atoms with Crippen LogP contribution in [0.4, 0.5) is 0 Å². The van der Waals surface area contributed by atoms with Crippen molar-refractivity contribution in [2.45, 2.75) is 43.7 Å². The van der Waals surface area contributed by atoms with Gasteiger partial charge in [0.05, 0.1) is 11.0 Å². The Morgan fingerprint density at radius 1 is 1.36 bits per heavy atom. The summed E-state index contributed by atoms with van der Waals surface area (Å²) in [7, 11) is -1.44. The fraction of sp³-hybridized carbons (Fsp3) is 0.588. The summed E-state index contributed by atoms with van der Waals surface area (Å²) < 4.78 is 28.9. The second kappa shape index (κ2) is 10.3. The lowest BCUT2D eigenvalue weighted by molar-refractivity contribution is 0.105. The summed E-state index contributed by atoms with van der Waals surface area (Å²) in [5, 5.41) is 6.52. The van der Waals surface area contributed by atoms with Crippen LogP contribution in [0.15, 0.2) is 28.1 Å². The Morgan fingerprint density at radius 2 is 2.12 bits per heavy atom. The van der Waals surface area contributed by atoms with Gasteiger partial charge in [-0.25, -0.2) is 8.42 Å². The first-order valence-electron chi connectivity index (χ1n) is 8.26. The van der Waals surface area contributed by atoms with E-state index in [-0.39, 0.29) is 24.0 Å². The molecule has 25 heavy (non-hydrogen) atoms. The number of aryl methyl sites for hydroxylation is 1. The van der Waals surface area contributed by atoms with E-state index in [9.17, 15) is 8.42 Å². The third-order valence-electron chi connectivity index (χ3n) is 4.11. The van der Waals surface area contributed by atoms with Crippen LogP contribution in [0, 0.1) is 6.92 Å². The van der Waals surface area contributed by atoms with E-state index in [1.54, 1.807) is 13.1 Å². The zero-order valence-corrected chi connectivity index (χ0v) is 18.2. The highest BCUT2D eigenvalue weighted by Gasteiger charge is 2.15. The van der Waals surface area contributed by atoms with E-state index in [4.69, 9.17) is 4.74 Å². The van der Waals surface area contributed by atoms with Crippen molar-refractivity contribution in [3.63, 3.8) is 0 Å². The van der Waals surface area contributed by atoms with Crippen molar-refractivity contribution in [2.75, 3.05) is 26.5 Å². The highest BCUT2D eigenvalue weighted by Crippen LogP contribution is 2.16. The largest absolute Gasteiger partial charge is 0.378 e. The van der Waals surface area contributed by atoms with Crippen molar-refractivity contribution in [3.8, 4) is 0 Å². The Morgan fingerprint density at radius 3 is 2.68 bits per heavy atom. The molecule has 1 aromatic rings. The van der Waals surface area contributed by atoms with Crippen LogP contribution >= 0.6 is 24.0 Å². The smallest absolute Gasteiger partial charge is 0.191 e. The van der Waals surface area contributed by atoms with Gasteiger partial charge in [0, 0.05) is 33.0 Å². The average Bonchev–Trinajstić information content (AvgIpc) is 3.02. The zero-order chi connectivity index (χ0) is 17.6. The van der Waals surface area contributed by atoms with Gasteiger partial charge >= 0.3 is 0 Å². The van der Waals surface area contributed by atoms with E-state index in [1.165, 1.54) is 6.26 Å². The number of aliphatic imine (C=N–C) groups is 1. The van der Waals surface area contributed by atoms with Crippen LogP contribution in [-0.2, 0) is 21.1 Å². The average molecular weight is 481 g/mol. The number of halogens is 1. The number of benzene rings is 1. The number of nitrogens with one attached hydrogen (secondary N) is 2. The Balaban J connectivity index is 0.00000312. The second-order valence-corrected chi connectivity index (χ2v) is 8.13. The minimum atomic E-state index is -3.17. The van der Waals surface area contributed by atoms with Gasteiger partial charge in [-0.05, 0) is 43.4 Å². The molecule has 1 aliphatic heterocycles. The predicted molar refractivity (Wildman–Crippen MR) is 111 cm³/mol. The summed E-state index contributed by atoms with van der Waals surface area (Å²) in [6, 6.07) is 5.38. The minimum absolute atomic E-state index is 0. The van der Waals surface area contributed by atoms with E-state index < -0.39 is 9.84 Å². The van der Waals surface area contributed by atoms with Gasteiger partial charge in [0.25, 0.3) is 0 Å². The first kappa shape index (κ1) is 22.2. The zero-order valence-electron chi connectivity index (χ0n) is 15.0. The van der Waals surface area contributed by atoms with Crippen LogP contribution in [0.25, 0.3) is 0 Å². The molecular formula is C17H28IN3O3S. The fourth-order valence-corrected chi connectivity index (χ4v) is 3.83. The molecule has 2 rings (SSSR count). The van der Waals surface area contributed by atoms with E-state index >= 15 is 0 Å². The summed E-state index contributed by atoms with van der Waals surface area (Å²) in [5.41, 5.74) is 1.78. The Kier molecular flexibility index (Phi) is 9.15. The fourth-order valence-electron chi connectivity index (χ4n) is 2.87. The minimum Gasteiger partial charge on any atom is -0.378 e. The number of nitrogens with zero attached hydrogens (tertiary/aromatic N) is 1. The summed E-state index contributed by atoms with van der Waals surface area (Å²) in [6.45, 7) is 4.09. The van der Waals surface area contributed by atoms with Gasteiger partial charge in [0.15, 0.2) is 15.8 Å². The third-order valence-corrected chi connectivity index (χ3v) is 5.36. The molecule has 0 spiro atoms. The molecule has 0 aliphatic carbocycles. The van der Waals surface area contributed by atoms with E-state index in [1.807, 2.05) is 19.1 Å². The molecule has 2 N–H and O–H groups in total. The molecule has 0 aromatic heterocycles. The lowest BCUT2D eigenvalue weighted by Crippen LogP contribution is -2.38. The number of sulfone groups is 1. The van der Waals surface area contributed by atoms with Crippen molar-refractivity contribution in [3.05, 3.63) is 29.3 Å². The summed E-state index contributed by atoms with van der Waals surface area (Å²) in [6.07, 6.45) is 4.86. The molecule has 0 saturated carbocycles. The molecule has 1 heterocycles. The van der Waals surface area contributed by atoms with Crippen LogP contribution in [0.3, 0.4) is 0 Å². The number of hydrogen-bond acceptors (Lipinski definition) is 4. The maximum Gasteiger partial charge on any atom is 0.191 e. The number of ether oxygens (including phenoxy) is 1. The predicted octanol–water partition coefficient (Wildman–Crippen LogP) is 2.25. The summed E-state index contributed by atoms with van der Waals surface area (Å²) >= 11 is 0. The molecule has 1 aliphatic rings. The first-order chi connectivity index (χ1) is 11.4. The van der Waals surface area contributed by atoms with Crippen molar-refractivity contribution in [1.29, 1.82) is 0 Å². The van der Waals surface area contributed by atoms with Gasteiger partial charge in [-0.1, -0.05) is 12.1 Å². The van der Waals surface area contributed by atoms with Crippen molar-refractivity contribution < 1.29 is 13.2 Å². The molecule has 0 amide bonds. The molecule has 6 nitrogen and oxygen atoms in total. The van der Waals surface area contributed by atoms with Crippen LogP contribution in [0.5, 0.6) is 0 Å². The quantitative estimate of drug-likeness (QED) is 0.370. The Labute approximate surface area is 167 Å². The molecule has 1 aromatic carbocycles. The molecule has 1 fully saturated rings. The van der Waals surface area contributed by atoms with Gasteiger partial charge in [0.1, 0.15) is 0 Å². The first-order valence-corrected chi connectivity index (χ1v) is 10.1. The maximum absolute atomic E-state index is 11.6. The maximum atomic E-state index is 11.6. The van der Waals surface area contributed by atoms with Crippen molar-refractivity contribution in [1.82, 2.24) is 10.6 Å². The van der Waals surface area contributed by atoms with Gasteiger partial charge in [-0.2, -0.15) is 0 Å². The van der Waals surface area contributed by atoms with E-state index in [2.05, 4.69) is 15.6 Å². The van der Waals surface area contributed by atoms with Crippen LogP contribution in [0.2, 0.25) is 0 Å². The molecule has 1 atom stereocenters. The normalized spacial score (nSPS) is 17.9. The van der Waals surface area contributed by atoms with Crippen molar-refractivity contribution in [2.24, 2.45) is 4.99 Å². The second-order valence-electron chi connectivity index (χ2n) is 6.15. The molecule has 8 heteroatoms.